The molecular formula is C17H13FN2O. The maximum atomic E-state index is 13.0. The van der Waals surface area contributed by atoms with Crippen LogP contribution in [0.5, 0.6) is 5.75 Å². The first-order valence-corrected chi connectivity index (χ1v) is 6.50. The summed E-state index contributed by atoms with van der Waals surface area (Å²) in [5.74, 6) is 1.10. The Labute approximate surface area is 122 Å². The predicted molar refractivity (Wildman–Crippen MR) is 79.4 cm³/mol. The summed E-state index contributed by atoms with van der Waals surface area (Å²) >= 11 is 0. The highest BCUT2D eigenvalue weighted by Crippen LogP contribution is 2.23. The van der Waals surface area contributed by atoms with Gasteiger partial charge in [0.1, 0.15) is 11.6 Å². The Bertz CT molecular complexity index is 739. The quantitative estimate of drug-likeness (QED) is 0.728. The molecule has 2 aromatic carbocycles. The first kappa shape index (κ1) is 13.2. The summed E-state index contributed by atoms with van der Waals surface area (Å²) in [5, 5.41) is 0. The van der Waals surface area contributed by atoms with E-state index in [9.17, 15) is 4.39 Å². The van der Waals surface area contributed by atoms with Gasteiger partial charge in [-0.15, -0.1) is 0 Å². The predicted octanol–water partition coefficient (Wildman–Crippen LogP) is 3.96. The molecule has 0 aliphatic carbocycles. The largest absolute Gasteiger partial charge is 0.497 e. The summed E-state index contributed by atoms with van der Waals surface area (Å²) in [6.45, 7) is 0. The van der Waals surface area contributed by atoms with Crippen LogP contribution in [-0.4, -0.2) is 17.1 Å². The SMILES string of the molecule is COc1ccc(-c2ccnc(-c3ccc(F)cc3)n2)cc1. The van der Waals surface area contributed by atoms with Crippen LogP contribution >= 0.6 is 0 Å². The van der Waals surface area contributed by atoms with Gasteiger partial charge in [0, 0.05) is 17.3 Å². The van der Waals surface area contributed by atoms with E-state index in [0.717, 1.165) is 22.6 Å². The molecule has 0 radical (unpaired) electrons. The van der Waals surface area contributed by atoms with Gasteiger partial charge in [-0.1, -0.05) is 0 Å². The van der Waals surface area contributed by atoms with E-state index in [0.29, 0.717) is 5.82 Å². The van der Waals surface area contributed by atoms with Crippen molar-refractivity contribution in [3.8, 4) is 28.4 Å². The molecule has 0 amide bonds. The summed E-state index contributed by atoms with van der Waals surface area (Å²) in [5.41, 5.74) is 2.57. The van der Waals surface area contributed by atoms with Crippen LogP contribution in [-0.2, 0) is 0 Å². The van der Waals surface area contributed by atoms with E-state index >= 15 is 0 Å². The lowest BCUT2D eigenvalue weighted by Crippen LogP contribution is -1.92. The van der Waals surface area contributed by atoms with Crippen molar-refractivity contribution >= 4 is 0 Å². The second-order valence-electron chi connectivity index (χ2n) is 4.50. The molecule has 0 bridgehead atoms. The van der Waals surface area contributed by atoms with Crippen LogP contribution in [0.1, 0.15) is 0 Å². The average Bonchev–Trinajstić information content (AvgIpc) is 2.56. The number of ether oxygens (including phenoxy) is 1. The zero-order valence-electron chi connectivity index (χ0n) is 11.5. The van der Waals surface area contributed by atoms with Gasteiger partial charge >= 0.3 is 0 Å². The van der Waals surface area contributed by atoms with Gasteiger partial charge in [0.05, 0.1) is 12.8 Å². The van der Waals surface area contributed by atoms with Crippen molar-refractivity contribution < 1.29 is 9.13 Å². The molecule has 1 heterocycles. The van der Waals surface area contributed by atoms with Gasteiger partial charge < -0.3 is 4.74 Å². The minimum absolute atomic E-state index is 0.273. The van der Waals surface area contributed by atoms with Crippen molar-refractivity contribution in [3.63, 3.8) is 0 Å². The van der Waals surface area contributed by atoms with Crippen molar-refractivity contribution in [2.24, 2.45) is 0 Å². The van der Waals surface area contributed by atoms with Crippen LogP contribution in [0.2, 0.25) is 0 Å². The molecule has 3 aromatic rings. The molecule has 0 saturated heterocycles. The van der Waals surface area contributed by atoms with Crippen molar-refractivity contribution in [3.05, 3.63) is 66.6 Å². The van der Waals surface area contributed by atoms with Crippen molar-refractivity contribution in [1.29, 1.82) is 0 Å². The Balaban J connectivity index is 1.97. The Morgan fingerprint density at radius 2 is 1.52 bits per heavy atom. The zero-order valence-corrected chi connectivity index (χ0v) is 11.5. The molecule has 0 N–H and O–H groups in total. The van der Waals surface area contributed by atoms with Gasteiger partial charge in [-0.25, -0.2) is 14.4 Å². The molecule has 0 atom stereocenters. The molecule has 21 heavy (non-hydrogen) atoms. The fraction of sp³-hybridized carbons (Fsp3) is 0.0588. The van der Waals surface area contributed by atoms with E-state index < -0.39 is 0 Å². The van der Waals surface area contributed by atoms with Crippen LogP contribution in [0.15, 0.2) is 60.8 Å². The second-order valence-corrected chi connectivity index (χ2v) is 4.50. The van der Waals surface area contributed by atoms with Crippen LogP contribution < -0.4 is 4.74 Å². The van der Waals surface area contributed by atoms with E-state index in [4.69, 9.17) is 4.74 Å². The van der Waals surface area contributed by atoms with Gasteiger partial charge in [-0.2, -0.15) is 0 Å². The number of rotatable bonds is 3. The van der Waals surface area contributed by atoms with E-state index in [1.165, 1.54) is 12.1 Å². The van der Waals surface area contributed by atoms with Gasteiger partial charge in [-0.3, -0.25) is 0 Å². The number of benzene rings is 2. The van der Waals surface area contributed by atoms with Crippen LogP contribution in [0.4, 0.5) is 4.39 Å². The maximum absolute atomic E-state index is 13.0. The van der Waals surface area contributed by atoms with Crippen molar-refractivity contribution in [2.75, 3.05) is 7.11 Å². The zero-order chi connectivity index (χ0) is 14.7. The topological polar surface area (TPSA) is 35.0 Å². The fourth-order valence-corrected chi connectivity index (χ4v) is 2.02. The maximum Gasteiger partial charge on any atom is 0.159 e. The summed E-state index contributed by atoms with van der Waals surface area (Å²) in [6, 6.07) is 15.6. The molecule has 0 aliphatic rings. The number of halogens is 1. The Hall–Kier alpha value is -2.75. The van der Waals surface area contributed by atoms with E-state index in [1.807, 2.05) is 30.3 Å². The smallest absolute Gasteiger partial charge is 0.159 e. The summed E-state index contributed by atoms with van der Waals surface area (Å²) in [7, 11) is 1.63. The Morgan fingerprint density at radius 3 is 2.19 bits per heavy atom. The minimum atomic E-state index is -0.273. The van der Waals surface area contributed by atoms with Crippen molar-refractivity contribution in [1.82, 2.24) is 9.97 Å². The summed E-state index contributed by atoms with van der Waals surface area (Å²) in [6.07, 6.45) is 1.70. The average molecular weight is 280 g/mol. The normalized spacial score (nSPS) is 10.4. The molecule has 0 aliphatic heterocycles. The number of nitrogens with zero attached hydrogens (tertiary/aromatic N) is 2. The minimum Gasteiger partial charge on any atom is -0.497 e. The standard InChI is InChI=1S/C17H13FN2O/c1-21-15-8-4-12(5-9-15)16-10-11-19-17(20-16)13-2-6-14(18)7-3-13/h2-11H,1H3. The summed E-state index contributed by atoms with van der Waals surface area (Å²) < 4.78 is 18.1. The molecule has 3 nitrogen and oxygen atoms in total. The molecule has 0 unspecified atom stereocenters. The highest BCUT2D eigenvalue weighted by atomic mass is 19.1. The Morgan fingerprint density at radius 1 is 0.857 bits per heavy atom. The van der Waals surface area contributed by atoms with Crippen LogP contribution in [0, 0.1) is 5.82 Å². The molecule has 3 rings (SSSR count). The van der Waals surface area contributed by atoms with Gasteiger partial charge in [-0.05, 0) is 54.6 Å². The summed E-state index contributed by atoms with van der Waals surface area (Å²) in [4.78, 5) is 8.76. The van der Waals surface area contributed by atoms with Crippen LogP contribution in [0.25, 0.3) is 22.6 Å². The molecule has 0 fully saturated rings. The molecular weight excluding hydrogens is 267 g/mol. The number of hydrogen-bond donors (Lipinski definition) is 0. The third kappa shape index (κ3) is 2.89. The van der Waals surface area contributed by atoms with Gasteiger partial charge in [0.25, 0.3) is 0 Å². The highest BCUT2D eigenvalue weighted by Gasteiger charge is 2.05. The van der Waals surface area contributed by atoms with Crippen LogP contribution in [0.3, 0.4) is 0 Å². The monoisotopic (exact) mass is 280 g/mol. The van der Waals surface area contributed by atoms with E-state index in [2.05, 4.69) is 9.97 Å². The number of methoxy groups -OCH3 is 1. The van der Waals surface area contributed by atoms with E-state index in [1.54, 1.807) is 25.4 Å². The highest BCUT2D eigenvalue weighted by molar-refractivity contribution is 5.63. The first-order valence-electron chi connectivity index (χ1n) is 6.50. The molecule has 4 heteroatoms. The lowest BCUT2D eigenvalue weighted by atomic mass is 10.1. The van der Waals surface area contributed by atoms with E-state index in [-0.39, 0.29) is 5.82 Å². The first-order chi connectivity index (χ1) is 10.3. The number of aromatic nitrogens is 2. The lowest BCUT2D eigenvalue weighted by molar-refractivity contribution is 0.415. The lowest BCUT2D eigenvalue weighted by Gasteiger charge is -2.05. The third-order valence-electron chi connectivity index (χ3n) is 3.14. The van der Waals surface area contributed by atoms with Crippen molar-refractivity contribution in [2.45, 2.75) is 0 Å². The van der Waals surface area contributed by atoms with Gasteiger partial charge in [0.2, 0.25) is 0 Å². The fourth-order valence-electron chi connectivity index (χ4n) is 2.02. The second kappa shape index (κ2) is 5.71. The van der Waals surface area contributed by atoms with Gasteiger partial charge in [0.15, 0.2) is 5.82 Å². The molecule has 1 aromatic heterocycles. The third-order valence-corrected chi connectivity index (χ3v) is 3.14. The molecule has 104 valence electrons. The number of hydrogen-bond acceptors (Lipinski definition) is 3. The Kier molecular flexibility index (Phi) is 3.60. The molecule has 0 spiro atoms. The molecule has 0 saturated carbocycles.